The van der Waals surface area contributed by atoms with Gasteiger partial charge in [-0.2, -0.15) is 0 Å². The molecular formula is C13H11ClO2S. The zero-order valence-corrected chi connectivity index (χ0v) is 10.6. The van der Waals surface area contributed by atoms with E-state index in [1.807, 2.05) is 11.4 Å². The van der Waals surface area contributed by atoms with Gasteiger partial charge >= 0.3 is 0 Å². The number of ether oxygens (including phenoxy) is 1. The molecular weight excluding hydrogens is 256 g/mol. The predicted molar refractivity (Wildman–Crippen MR) is 70.4 cm³/mol. The number of halogens is 1. The van der Waals surface area contributed by atoms with Gasteiger partial charge < -0.3 is 4.74 Å². The second-order valence-electron chi connectivity index (χ2n) is 3.48. The molecule has 0 aliphatic heterocycles. The van der Waals surface area contributed by atoms with Crippen molar-refractivity contribution in [2.75, 3.05) is 6.61 Å². The summed E-state index contributed by atoms with van der Waals surface area (Å²) in [5.41, 5.74) is 0.490. The Morgan fingerprint density at radius 2 is 2.24 bits per heavy atom. The highest BCUT2D eigenvalue weighted by Gasteiger charge is 2.04. The van der Waals surface area contributed by atoms with Crippen LogP contribution in [0.15, 0.2) is 35.7 Å². The lowest BCUT2D eigenvalue weighted by atomic mass is 10.2. The molecule has 0 unspecified atom stereocenters. The molecule has 0 fully saturated rings. The molecule has 4 heteroatoms. The van der Waals surface area contributed by atoms with Crippen molar-refractivity contribution in [2.45, 2.75) is 6.42 Å². The molecule has 0 aliphatic rings. The third-order valence-corrected chi connectivity index (χ3v) is 3.46. The molecule has 0 radical (unpaired) electrons. The maximum Gasteiger partial charge on any atom is 0.153 e. The first-order chi connectivity index (χ1) is 8.29. The van der Waals surface area contributed by atoms with E-state index in [1.54, 1.807) is 29.5 Å². The van der Waals surface area contributed by atoms with Crippen LogP contribution in [0.2, 0.25) is 5.02 Å². The second-order valence-corrected chi connectivity index (χ2v) is 4.95. The van der Waals surface area contributed by atoms with Crippen LogP contribution in [0, 0.1) is 0 Å². The van der Waals surface area contributed by atoms with E-state index in [4.69, 9.17) is 16.3 Å². The Balaban J connectivity index is 1.96. The first-order valence-corrected chi connectivity index (χ1v) is 6.45. The van der Waals surface area contributed by atoms with Crippen LogP contribution in [0.25, 0.3) is 0 Å². The molecule has 1 heterocycles. The van der Waals surface area contributed by atoms with Gasteiger partial charge in [0.2, 0.25) is 0 Å². The molecule has 1 aromatic heterocycles. The quantitative estimate of drug-likeness (QED) is 0.769. The summed E-state index contributed by atoms with van der Waals surface area (Å²) in [5.74, 6) is 0.584. The fraction of sp³-hybridized carbons (Fsp3) is 0.154. The Hall–Kier alpha value is -1.32. The molecule has 0 aliphatic carbocycles. The topological polar surface area (TPSA) is 26.3 Å². The second kappa shape index (κ2) is 5.84. The van der Waals surface area contributed by atoms with Crippen molar-refractivity contribution in [3.8, 4) is 5.75 Å². The smallest absolute Gasteiger partial charge is 0.153 e. The molecule has 0 saturated heterocycles. The molecule has 0 atom stereocenters. The molecule has 0 amide bonds. The third kappa shape index (κ3) is 3.32. The number of rotatable bonds is 5. The van der Waals surface area contributed by atoms with Gasteiger partial charge in [-0.15, -0.1) is 11.3 Å². The molecule has 2 rings (SSSR count). The van der Waals surface area contributed by atoms with Gasteiger partial charge in [0.1, 0.15) is 5.75 Å². The van der Waals surface area contributed by atoms with Crippen LogP contribution in [-0.2, 0) is 6.42 Å². The lowest BCUT2D eigenvalue weighted by Gasteiger charge is -2.07. The largest absolute Gasteiger partial charge is 0.492 e. The Morgan fingerprint density at radius 1 is 1.35 bits per heavy atom. The summed E-state index contributed by atoms with van der Waals surface area (Å²) in [6, 6.07) is 9.13. The van der Waals surface area contributed by atoms with Gasteiger partial charge in [0.05, 0.1) is 12.2 Å². The first kappa shape index (κ1) is 12.1. The fourth-order valence-electron chi connectivity index (χ4n) is 1.46. The van der Waals surface area contributed by atoms with Crippen molar-refractivity contribution < 1.29 is 9.53 Å². The van der Waals surface area contributed by atoms with Crippen molar-refractivity contribution >= 4 is 29.2 Å². The number of carbonyl (C=O) groups is 1. The lowest BCUT2D eigenvalue weighted by molar-refractivity contribution is 0.111. The van der Waals surface area contributed by atoms with Gasteiger partial charge in [0.25, 0.3) is 0 Å². The number of hydrogen-bond donors (Lipinski definition) is 0. The van der Waals surface area contributed by atoms with Crippen molar-refractivity contribution in [2.24, 2.45) is 0 Å². The Labute approximate surface area is 109 Å². The van der Waals surface area contributed by atoms with Crippen molar-refractivity contribution in [1.29, 1.82) is 0 Å². The summed E-state index contributed by atoms with van der Waals surface area (Å²) in [7, 11) is 0. The van der Waals surface area contributed by atoms with Crippen LogP contribution in [0.3, 0.4) is 0 Å². The van der Waals surface area contributed by atoms with Crippen LogP contribution >= 0.6 is 22.9 Å². The van der Waals surface area contributed by atoms with E-state index in [0.29, 0.717) is 22.9 Å². The minimum Gasteiger partial charge on any atom is -0.492 e. The maximum atomic E-state index is 10.8. The van der Waals surface area contributed by atoms with Gasteiger partial charge in [0.15, 0.2) is 6.29 Å². The molecule has 0 saturated carbocycles. The van der Waals surface area contributed by atoms with E-state index in [-0.39, 0.29) is 0 Å². The average molecular weight is 267 g/mol. The average Bonchev–Trinajstić information content (AvgIpc) is 2.84. The van der Waals surface area contributed by atoms with Crippen LogP contribution < -0.4 is 4.74 Å². The highest BCUT2D eigenvalue weighted by atomic mass is 35.5. The molecule has 2 nitrogen and oxygen atoms in total. The Bertz CT molecular complexity index is 494. The monoisotopic (exact) mass is 266 g/mol. The fourth-order valence-corrected chi connectivity index (χ4v) is 2.33. The van der Waals surface area contributed by atoms with E-state index in [0.717, 1.165) is 12.7 Å². The van der Waals surface area contributed by atoms with Gasteiger partial charge in [-0.25, -0.2) is 0 Å². The number of aldehydes is 1. The standard InChI is InChI=1S/C13H11ClO2S/c14-11-3-4-13(10(8-11)9-15)16-6-5-12-2-1-7-17-12/h1-4,7-9H,5-6H2. The first-order valence-electron chi connectivity index (χ1n) is 5.19. The van der Waals surface area contributed by atoms with Gasteiger partial charge in [-0.05, 0) is 29.6 Å². The predicted octanol–water partition coefficient (Wildman–Crippen LogP) is 3.84. The van der Waals surface area contributed by atoms with Crippen LogP contribution in [0.5, 0.6) is 5.75 Å². The zero-order chi connectivity index (χ0) is 12.1. The van der Waals surface area contributed by atoms with Crippen molar-refractivity contribution in [3.05, 3.63) is 51.2 Å². The summed E-state index contributed by atoms with van der Waals surface area (Å²) in [6.07, 6.45) is 1.60. The summed E-state index contributed by atoms with van der Waals surface area (Å²) in [5, 5.41) is 2.58. The highest BCUT2D eigenvalue weighted by Crippen LogP contribution is 2.21. The van der Waals surface area contributed by atoms with Crippen molar-refractivity contribution in [3.63, 3.8) is 0 Å². The Kier molecular flexibility index (Phi) is 4.18. The number of carbonyl (C=O) groups excluding carboxylic acids is 1. The summed E-state index contributed by atoms with van der Waals surface area (Å²) in [6.45, 7) is 0.559. The van der Waals surface area contributed by atoms with E-state index in [2.05, 4.69) is 6.07 Å². The van der Waals surface area contributed by atoms with Gasteiger partial charge in [-0.1, -0.05) is 17.7 Å². The maximum absolute atomic E-state index is 10.8. The molecule has 2 aromatic rings. The van der Waals surface area contributed by atoms with E-state index >= 15 is 0 Å². The molecule has 0 spiro atoms. The zero-order valence-electron chi connectivity index (χ0n) is 9.06. The normalized spacial score (nSPS) is 10.2. The number of hydrogen-bond acceptors (Lipinski definition) is 3. The lowest BCUT2D eigenvalue weighted by Crippen LogP contribution is -2.02. The van der Waals surface area contributed by atoms with E-state index in [1.165, 1.54) is 4.88 Å². The number of thiophene rings is 1. The highest BCUT2D eigenvalue weighted by molar-refractivity contribution is 7.09. The summed E-state index contributed by atoms with van der Waals surface area (Å²) >= 11 is 7.50. The van der Waals surface area contributed by atoms with Crippen LogP contribution in [-0.4, -0.2) is 12.9 Å². The summed E-state index contributed by atoms with van der Waals surface area (Å²) in [4.78, 5) is 12.1. The van der Waals surface area contributed by atoms with Crippen molar-refractivity contribution in [1.82, 2.24) is 0 Å². The SMILES string of the molecule is O=Cc1cc(Cl)ccc1OCCc1cccs1. The third-order valence-electron chi connectivity index (χ3n) is 2.28. The van der Waals surface area contributed by atoms with Gasteiger partial charge in [0, 0.05) is 16.3 Å². The minimum atomic E-state index is 0.490. The molecule has 1 aromatic carbocycles. The Morgan fingerprint density at radius 3 is 2.94 bits per heavy atom. The molecule has 88 valence electrons. The van der Waals surface area contributed by atoms with E-state index < -0.39 is 0 Å². The van der Waals surface area contributed by atoms with E-state index in [9.17, 15) is 4.79 Å². The van der Waals surface area contributed by atoms with Gasteiger partial charge in [-0.3, -0.25) is 4.79 Å². The molecule has 17 heavy (non-hydrogen) atoms. The van der Waals surface area contributed by atoms with Crippen LogP contribution in [0.4, 0.5) is 0 Å². The summed E-state index contributed by atoms with van der Waals surface area (Å²) < 4.78 is 5.57. The molecule has 0 N–H and O–H groups in total. The number of benzene rings is 1. The molecule has 0 bridgehead atoms. The minimum absolute atomic E-state index is 0.490. The van der Waals surface area contributed by atoms with Crippen LogP contribution in [0.1, 0.15) is 15.2 Å².